The van der Waals surface area contributed by atoms with Gasteiger partial charge in [0.1, 0.15) is 22.8 Å². The van der Waals surface area contributed by atoms with E-state index < -0.39 is 63.8 Å². The first kappa shape index (κ1) is 25.0. The molecule has 1 aromatic rings. The molecule has 13 nitrogen and oxygen atoms in total. The maximum Gasteiger partial charge on any atom is 0.255 e. The number of aliphatic hydroxyl groups is 3. The van der Waals surface area contributed by atoms with E-state index in [2.05, 4.69) is 10.0 Å². The highest BCUT2D eigenvalue weighted by Crippen LogP contribution is 2.54. The average Bonchev–Trinajstić information content (AvgIpc) is 2.77. The first-order valence-corrected chi connectivity index (χ1v) is 11.0. The molecule has 0 spiro atoms. The van der Waals surface area contributed by atoms with Gasteiger partial charge in [-0.1, -0.05) is 5.11 Å². The number of nitrogens with two attached hydrogens (primary N) is 1. The normalized spacial score (nSPS) is 27.3. The van der Waals surface area contributed by atoms with E-state index in [0.29, 0.717) is 11.3 Å². The van der Waals surface area contributed by atoms with Gasteiger partial charge in [0.25, 0.3) is 5.91 Å². The Morgan fingerprint density at radius 3 is 2.39 bits per heavy atom. The van der Waals surface area contributed by atoms with Crippen molar-refractivity contribution in [2.24, 2.45) is 22.7 Å². The van der Waals surface area contributed by atoms with Crippen LogP contribution in [0.3, 0.4) is 0 Å². The van der Waals surface area contributed by atoms with Gasteiger partial charge in [-0.25, -0.2) is 0 Å². The van der Waals surface area contributed by atoms with Gasteiger partial charge in [0.2, 0.25) is 5.78 Å². The number of phenols is 1. The van der Waals surface area contributed by atoms with E-state index in [-0.39, 0.29) is 29.7 Å². The zero-order chi connectivity index (χ0) is 26.9. The lowest BCUT2D eigenvalue weighted by Gasteiger charge is -2.50. The van der Waals surface area contributed by atoms with Crippen molar-refractivity contribution < 1.29 is 34.8 Å². The first-order valence-electron chi connectivity index (χ1n) is 11.0. The number of primary amides is 1. The molecule has 3 aliphatic rings. The Hall–Kier alpha value is -4.06. The van der Waals surface area contributed by atoms with Crippen molar-refractivity contribution >= 4 is 28.8 Å². The lowest BCUT2D eigenvalue weighted by atomic mass is 9.58. The largest absolute Gasteiger partial charge is 0.510 e. The van der Waals surface area contributed by atoms with Crippen LogP contribution in [0, 0.1) is 11.8 Å². The van der Waals surface area contributed by atoms with Crippen LogP contribution in [-0.4, -0.2) is 82.6 Å². The fourth-order valence-electron chi connectivity index (χ4n) is 5.81. The number of carbonyl (C=O) groups is 3. The number of likely N-dealkylation sites (N-methyl/N-ethyl adjacent to an activating group) is 1. The van der Waals surface area contributed by atoms with Crippen LogP contribution in [0.1, 0.15) is 22.3 Å². The van der Waals surface area contributed by atoms with Crippen LogP contribution in [0.2, 0.25) is 0 Å². The number of fused-ring (bicyclic) bond motifs is 3. The van der Waals surface area contributed by atoms with E-state index in [9.17, 15) is 34.8 Å². The number of carbonyl (C=O) groups excluding carboxylic acids is 3. The summed E-state index contributed by atoms with van der Waals surface area (Å²) in [6.45, 7) is 0. The number of aliphatic hydroxyl groups excluding tert-OH is 2. The van der Waals surface area contributed by atoms with Gasteiger partial charge in [-0.2, -0.15) is 0 Å². The molecule has 0 bridgehead atoms. The van der Waals surface area contributed by atoms with Gasteiger partial charge >= 0.3 is 0 Å². The van der Waals surface area contributed by atoms with Crippen molar-refractivity contribution in [3.63, 3.8) is 0 Å². The van der Waals surface area contributed by atoms with Crippen LogP contribution in [0.25, 0.3) is 10.4 Å². The fraction of sp³-hybridized carbons (Fsp3) is 0.435. The standard InChI is InChI=1S/C23H26N6O7/c1-28(2)12-7-11(26-27-25)17(30)14-9(12)5-8-6-10-16(29(3)4)19(32)15(22(24)35)21(34)23(10,36)20(33)13(8)18(14)31/h7-8,10,16,30,32-33,36H,5-6H2,1-4H3,(H2,24,35). The highest BCUT2D eigenvalue weighted by Gasteiger charge is 2.63. The number of nitrogens with zero attached hydrogens (tertiary/aromatic N) is 5. The molecule has 4 rings (SSSR count). The Labute approximate surface area is 205 Å². The molecule has 6 N–H and O–H groups in total. The van der Waals surface area contributed by atoms with Crippen molar-refractivity contribution in [1.29, 1.82) is 0 Å². The zero-order valence-electron chi connectivity index (χ0n) is 20.1. The highest BCUT2D eigenvalue weighted by atomic mass is 16.3. The predicted molar refractivity (Wildman–Crippen MR) is 127 cm³/mol. The molecule has 0 radical (unpaired) electrons. The maximum absolute atomic E-state index is 13.7. The summed E-state index contributed by atoms with van der Waals surface area (Å²) in [6, 6.07) is 0.375. The second-order valence-corrected chi connectivity index (χ2v) is 9.66. The van der Waals surface area contributed by atoms with E-state index in [1.54, 1.807) is 33.1 Å². The maximum atomic E-state index is 13.7. The minimum atomic E-state index is -2.72. The molecule has 0 saturated carbocycles. The fourth-order valence-corrected chi connectivity index (χ4v) is 5.81. The first-order chi connectivity index (χ1) is 16.8. The Bertz CT molecular complexity index is 1340. The number of Topliss-reactive ketones (excluding diaryl/α,β-unsaturated/α-hetero) is 2. The summed E-state index contributed by atoms with van der Waals surface area (Å²) < 4.78 is 0. The Morgan fingerprint density at radius 1 is 1.22 bits per heavy atom. The number of ketones is 2. The number of azide groups is 1. The van der Waals surface area contributed by atoms with Crippen molar-refractivity contribution in [1.82, 2.24) is 4.90 Å². The molecule has 3 aliphatic carbocycles. The molecule has 1 aromatic carbocycles. The summed E-state index contributed by atoms with van der Waals surface area (Å²) in [7, 11) is 6.53. The highest BCUT2D eigenvalue weighted by molar-refractivity contribution is 6.25. The SMILES string of the molecule is CN(C)c1cc(N=[N+]=[N-])c(O)c2c1CC1CC3C(N(C)C)C(O)=C(C(N)=O)C(=O)C3(O)C(O)=C1C2=O. The monoisotopic (exact) mass is 498 g/mol. The second-order valence-electron chi connectivity index (χ2n) is 9.66. The molecule has 4 atom stereocenters. The predicted octanol–water partition coefficient (Wildman–Crippen LogP) is 1.13. The Balaban J connectivity index is 2.01. The average molecular weight is 498 g/mol. The molecule has 1 amide bonds. The number of phenolic OH excluding ortho intramolecular Hbond substituents is 1. The summed E-state index contributed by atoms with van der Waals surface area (Å²) in [5, 5.41) is 47.9. The van der Waals surface area contributed by atoms with Crippen LogP contribution in [-0.2, 0) is 16.0 Å². The van der Waals surface area contributed by atoms with Gasteiger partial charge in [-0.3, -0.25) is 19.3 Å². The lowest BCUT2D eigenvalue weighted by Crippen LogP contribution is -2.63. The molecular weight excluding hydrogens is 472 g/mol. The van der Waals surface area contributed by atoms with Gasteiger partial charge in [0.05, 0.1) is 17.3 Å². The van der Waals surface area contributed by atoms with Crippen LogP contribution < -0.4 is 10.6 Å². The Morgan fingerprint density at radius 2 is 1.86 bits per heavy atom. The van der Waals surface area contributed by atoms with Gasteiger partial charge in [0.15, 0.2) is 11.4 Å². The molecule has 0 saturated heterocycles. The molecule has 0 fully saturated rings. The minimum absolute atomic E-state index is 0.0164. The molecule has 4 unspecified atom stereocenters. The zero-order valence-corrected chi connectivity index (χ0v) is 20.1. The summed E-state index contributed by atoms with van der Waals surface area (Å²) in [6.07, 6.45) is 0.115. The van der Waals surface area contributed by atoms with Crippen LogP contribution in [0.15, 0.2) is 33.8 Å². The molecule has 0 heterocycles. The molecule has 0 aromatic heterocycles. The summed E-state index contributed by atoms with van der Waals surface area (Å²) in [4.78, 5) is 44.9. The topological polar surface area (TPSA) is 213 Å². The van der Waals surface area contributed by atoms with E-state index in [1.165, 1.54) is 11.0 Å². The number of benzene rings is 1. The van der Waals surface area contributed by atoms with E-state index in [1.807, 2.05) is 0 Å². The van der Waals surface area contributed by atoms with Crippen LogP contribution in [0.4, 0.5) is 11.4 Å². The molecule has 190 valence electrons. The molecular formula is C23H26N6O7. The number of allylic oxidation sites excluding steroid dienone is 1. The third-order valence-electron chi connectivity index (χ3n) is 7.31. The van der Waals surface area contributed by atoms with E-state index in [4.69, 9.17) is 11.3 Å². The summed E-state index contributed by atoms with van der Waals surface area (Å²) >= 11 is 0. The quantitative estimate of drug-likeness (QED) is 0.174. The molecule has 36 heavy (non-hydrogen) atoms. The number of aromatic hydroxyl groups is 1. The van der Waals surface area contributed by atoms with Gasteiger partial charge in [0, 0.05) is 36.2 Å². The third-order valence-corrected chi connectivity index (χ3v) is 7.31. The van der Waals surface area contributed by atoms with Crippen LogP contribution in [0.5, 0.6) is 5.75 Å². The molecule has 0 aliphatic heterocycles. The van der Waals surface area contributed by atoms with Crippen molar-refractivity contribution in [2.45, 2.75) is 24.5 Å². The Kier molecular flexibility index (Phi) is 5.75. The van der Waals surface area contributed by atoms with E-state index in [0.717, 1.165) is 0 Å². The van der Waals surface area contributed by atoms with Crippen molar-refractivity contribution in [3.8, 4) is 5.75 Å². The number of amides is 1. The van der Waals surface area contributed by atoms with Crippen molar-refractivity contribution in [3.05, 3.63) is 50.3 Å². The second kappa shape index (κ2) is 8.26. The number of hydrogen-bond donors (Lipinski definition) is 5. The summed E-state index contributed by atoms with van der Waals surface area (Å²) in [5.41, 5.74) is 10.9. The molecule has 13 heteroatoms. The lowest BCUT2D eigenvalue weighted by molar-refractivity contribution is -0.148. The van der Waals surface area contributed by atoms with Gasteiger partial charge < -0.3 is 31.1 Å². The number of hydrogen-bond acceptors (Lipinski definition) is 10. The smallest absolute Gasteiger partial charge is 0.255 e. The van der Waals surface area contributed by atoms with Gasteiger partial charge in [-0.05, 0) is 50.0 Å². The number of rotatable bonds is 4. The van der Waals surface area contributed by atoms with Crippen molar-refractivity contribution in [2.75, 3.05) is 33.1 Å². The van der Waals surface area contributed by atoms with Crippen LogP contribution >= 0.6 is 0 Å². The van der Waals surface area contributed by atoms with E-state index >= 15 is 0 Å². The minimum Gasteiger partial charge on any atom is -0.510 e. The third kappa shape index (κ3) is 3.17. The number of anilines is 1. The summed E-state index contributed by atoms with van der Waals surface area (Å²) in [5.74, 6) is -7.43. The van der Waals surface area contributed by atoms with Gasteiger partial charge in [-0.15, -0.1) is 0 Å².